The third-order valence-electron chi connectivity index (χ3n) is 2.36. The molecular weight excluding hydrogens is 308 g/mol. The molecule has 0 aromatic carbocycles. The summed E-state index contributed by atoms with van der Waals surface area (Å²) in [4.78, 5) is 10.7. The molecule has 0 aromatic rings. The minimum absolute atomic E-state index is 0.155. The lowest BCUT2D eigenvalue weighted by atomic mass is 9.88. The average Bonchev–Trinajstić information content (AvgIpc) is 2.39. The van der Waals surface area contributed by atoms with Crippen molar-refractivity contribution < 1.29 is 24.9 Å². The van der Waals surface area contributed by atoms with Crippen LogP contribution in [0, 0.1) is 5.41 Å². The molecule has 0 aliphatic carbocycles. The molecule has 0 aromatic heterocycles. The molecule has 19 heavy (non-hydrogen) atoms. The van der Waals surface area contributed by atoms with Crippen LogP contribution in [0.5, 0.6) is 0 Å². The molecule has 0 fully saturated rings. The van der Waals surface area contributed by atoms with Crippen LogP contribution in [0.1, 0.15) is 13.3 Å². The van der Waals surface area contributed by atoms with E-state index in [2.05, 4.69) is 49.2 Å². The van der Waals surface area contributed by atoms with Crippen molar-refractivity contribution in [3.8, 4) is 0 Å². The maximum atomic E-state index is 10.7. The van der Waals surface area contributed by atoms with Gasteiger partial charge >= 0.3 is 5.97 Å². The molecule has 0 heterocycles. The monoisotopic (exact) mass is 330 g/mol. The maximum absolute atomic E-state index is 10.7. The van der Waals surface area contributed by atoms with Gasteiger partial charge in [-0.2, -0.15) is 0 Å². The van der Waals surface area contributed by atoms with E-state index in [4.69, 9.17) is 15.3 Å². The number of aliphatic hydroxyl groups excluding tert-OH is 3. The molecule has 0 saturated heterocycles. The Bertz CT molecular complexity index is 244. The number of ether oxygens (including phenoxy) is 1. The predicted molar refractivity (Wildman–Crippen MR) is 84.8 cm³/mol. The van der Waals surface area contributed by atoms with Crippen LogP contribution in [-0.4, -0.2) is 51.1 Å². The first-order valence-electron chi connectivity index (χ1n) is 5.50. The molecule has 0 spiro atoms. The van der Waals surface area contributed by atoms with Crippen molar-refractivity contribution in [1.82, 2.24) is 0 Å². The summed E-state index contributed by atoms with van der Waals surface area (Å²) in [5, 5.41) is 26.0. The Kier molecular flexibility index (Phi) is 12.3. The van der Waals surface area contributed by atoms with Crippen LogP contribution >= 0.6 is 37.9 Å². The molecule has 0 aliphatic heterocycles. The Morgan fingerprint density at radius 1 is 1.21 bits per heavy atom. The molecule has 0 atom stereocenters. The Morgan fingerprint density at radius 3 is 1.79 bits per heavy atom. The van der Waals surface area contributed by atoms with Crippen molar-refractivity contribution >= 4 is 43.9 Å². The van der Waals surface area contributed by atoms with Crippen molar-refractivity contribution in [2.24, 2.45) is 5.41 Å². The van der Waals surface area contributed by atoms with Crippen LogP contribution in [-0.2, 0) is 9.53 Å². The molecule has 0 unspecified atom stereocenters. The van der Waals surface area contributed by atoms with Gasteiger partial charge < -0.3 is 20.1 Å². The Balaban J connectivity index is 0. The SMILES string of the molecule is C=CCOC(=O)C(S)(S)S.CCC(CO)(CO)CO. The largest absolute Gasteiger partial charge is 0.459 e. The third-order valence-corrected chi connectivity index (χ3v) is 2.91. The zero-order valence-electron chi connectivity index (χ0n) is 10.8. The number of carbonyl (C=O) groups excluding carboxylic acids is 1. The number of rotatable bonds is 7. The van der Waals surface area contributed by atoms with E-state index in [1.54, 1.807) is 0 Å². The summed E-state index contributed by atoms with van der Waals surface area (Å²) in [7, 11) is 0. The summed E-state index contributed by atoms with van der Waals surface area (Å²) in [6, 6.07) is 0. The van der Waals surface area contributed by atoms with Gasteiger partial charge in [0.05, 0.1) is 19.8 Å². The molecular formula is C11H22O5S3. The van der Waals surface area contributed by atoms with Crippen LogP contribution in [0.15, 0.2) is 12.7 Å². The summed E-state index contributed by atoms with van der Waals surface area (Å²) >= 11 is 11.2. The number of hydrogen-bond acceptors (Lipinski definition) is 8. The van der Waals surface area contributed by atoms with Gasteiger partial charge in [0.1, 0.15) is 6.61 Å². The van der Waals surface area contributed by atoms with Crippen LogP contribution in [0.25, 0.3) is 0 Å². The Labute approximate surface area is 130 Å². The van der Waals surface area contributed by atoms with Gasteiger partial charge in [0.15, 0.2) is 3.41 Å². The average molecular weight is 330 g/mol. The summed E-state index contributed by atoms with van der Waals surface area (Å²) in [6.45, 7) is 4.87. The van der Waals surface area contributed by atoms with Crippen molar-refractivity contribution in [2.45, 2.75) is 16.8 Å². The summed E-state index contributed by atoms with van der Waals surface area (Å²) < 4.78 is 3.25. The molecule has 3 N–H and O–H groups in total. The first kappa shape index (κ1) is 21.4. The molecule has 0 saturated carbocycles. The number of esters is 1. The fraction of sp³-hybridized carbons (Fsp3) is 0.727. The molecule has 0 amide bonds. The zero-order chi connectivity index (χ0) is 15.5. The highest BCUT2D eigenvalue weighted by atomic mass is 32.2. The van der Waals surface area contributed by atoms with Gasteiger partial charge in [0.25, 0.3) is 0 Å². The van der Waals surface area contributed by atoms with E-state index in [1.165, 1.54) is 6.08 Å². The van der Waals surface area contributed by atoms with E-state index in [1.807, 2.05) is 6.92 Å². The zero-order valence-corrected chi connectivity index (χ0v) is 13.5. The normalized spacial score (nSPS) is 11.3. The third kappa shape index (κ3) is 9.64. The first-order valence-corrected chi connectivity index (χ1v) is 6.85. The smallest absolute Gasteiger partial charge is 0.342 e. The lowest BCUT2D eigenvalue weighted by Crippen LogP contribution is -2.32. The van der Waals surface area contributed by atoms with Crippen LogP contribution in [0.4, 0.5) is 0 Å². The number of thiol groups is 3. The standard InChI is InChI=1S/C6H14O3.C5H8O2S3/c1-2-6(3-7,4-8)5-9;1-2-3-7-4(6)5(8,9)10/h7-9H,2-5H2,1H3;2,8-10H,1,3H2. The lowest BCUT2D eigenvalue weighted by molar-refractivity contribution is -0.140. The second kappa shape index (κ2) is 10.9. The molecule has 5 nitrogen and oxygen atoms in total. The van der Waals surface area contributed by atoms with E-state index in [0.717, 1.165) is 0 Å². The van der Waals surface area contributed by atoms with Crippen LogP contribution in [0.3, 0.4) is 0 Å². The quantitative estimate of drug-likeness (QED) is 0.177. The van der Waals surface area contributed by atoms with Crippen molar-refractivity contribution in [3.05, 3.63) is 12.7 Å². The molecule has 114 valence electrons. The Hall–Kier alpha value is 0.140. The number of carbonyl (C=O) groups is 1. The predicted octanol–water partition coefficient (Wildman–Crippen LogP) is 0.518. The van der Waals surface area contributed by atoms with Gasteiger partial charge in [-0.3, -0.25) is 0 Å². The fourth-order valence-electron chi connectivity index (χ4n) is 0.717. The van der Waals surface area contributed by atoms with E-state index >= 15 is 0 Å². The lowest BCUT2D eigenvalue weighted by Gasteiger charge is -2.24. The highest BCUT2D eigenvalue weighted by Crippen LogP contribution is 2.25. The highest BCUT2D eigenvalue weighted by molar-refractivity contribution is 8.18. The molecule has 0 bridgehead atoms. The first-order chi connectivity index (χ1) is 8.72. The highest BCUT2D eigenvalue weighted by Gasteiger charge is 2.26. The fourth-order valence-corrected chi connectivity index (χ4v) is 0.910. The van der Waals surface area contributed by atoms with Crippen LogP contribution in [0.2, 0.25) is 0 Å². The second-order valence-electron chi connectivity index (χ2n) is 3.85. The number of aliphatic hydroxyl groups is 3. The van der Waals surface area contributed by atoms with Gasteiger partial charge in [-0.05, 0) is 6.42 Å². The van der Waals surface area contributed by atoms with Crippen LogP contribution < -0.4 is 0 Å². The van der Waals surface area contributed by atoms with Gasteiger partial charge in [-0.1, -0.05) is 19.6 Å². The van der Waals surface area contributed by atoms with E-state index in [9.17, 15) is 4.79 Å². The second-order valence-corrected chi connectivity index (χ2v) is 6.92. The minimum atomic E-state index is -1.32. The number of hydrogen-bond donors (Lipinski definition) is 6. The minimum Gasteiger partial charge on any atom is -0.459 e. The molecule has 8 heteroatoms. The van der Waals surface area contributed by atoms with Crippen molar-refractivity contribution in [2.75, 3.05) is 26.4 Å². The van der Waals surface area contributed by atoms with Crippen molar-refractivity contribution in [1.29, 1.82) is 0 Å². The maximum Gasteiger partial charge on any atom is 0.342 e. The molecule has 0 aliphatic rings. The molecule has 0 radical (unpaired) electrons. The van der Waals surface area contributed by atoms with Gasteiger partial charge in [0.2, 0.25) is 0 Å². The summed E-state index contributed by atoms with van der Waals surface area (Å²) in [6.07, 6.45) is 2.05. The van der Waals surface area contributed by atoms with E-state index in [-0.39, 0.29) is 26.4 Å². The van der Waals surface area contributed by atoms with E-state index in [0.29, 0.717) is 6.42 Å². The van der Waals surface area contributed by atoms with Crippen molar-refractivity contribution in [3.63, 3.8) is 0 Å². The van der Waals surface area contributed by atoms with Gasteiger partial charge in [-0.25, -0.2) is 4.79 Å². The topological polar surface area (TPSA) is 87.0 Å². The van der Waals surface area contributed by atoms with Gasteiger partial charge in [-0.15, -0.1) is 37.9 Å². The molecule has 0 rings (SSSR count). The summed E-state index contributed by atoms with van der Waals surface area (Å²) in [5.41, 5.74) is -0.667. The summed E-state index contributed by atoms with van der Waals surface area (Å²) in [5.74, 6) is -0.595. The van der Waals surface area contributed by atoms with Gasteiger partial charge in [0, 0.05) is 5.41 Å². The Morgan fingerprint density at radius 2 is 1.63 bits per heavy atom. The van der Waals surface area contributed by atoms with E-state index < -0.39 is 14.8 Å².